The number of likely N-dealkylation sites (tertiary alicyclic amines) is 1. The number of carbonyl (C=O) groups excluding carboxylic acids is 3. The Bertz CT molecular complexity index is 1340. The number of amides is 3. The van der Waals surface area contributed by atoms with E-state index in [0.717, 1.165) is 18.4 Å². The smallest absolute Gasteiger partial charge is 0.333 e. The lowest BCUT2D eigenvalue weighted by Gasteiger charge is -2.32. The van der Waals surface area contributed by atoms with Crippen molar-refractivity contribution in [3.63, 3.8) is 0 Å². The maximum absolute atomic E-state index is 13.3. The number of nitrogens with one attached hydrogen (secondary N) is 2. The molecule has 0 saturated carbocycles. The average Bonchev–Trinajstić information content (AvgIpc) is 2.97. The van der Waals surface area contributed by atoms with Crippen LogP contribution >= 0.6 is 0 Å². The van der Waals surface area contributed by atoms with Crippen molar-refractivity contribution in [2.45, 2.75) is 31.7 Å². The van der Waals surface area contributed by atoms with Crippen LogP contribution in [-0.4, -0.2) is 43.0 Å². The molecular weight excluding hydrogens is 480 g/mol. The van der Waals surface area contributed by atoms with E-state index in [1.165, 1.54) is 12.7 Å². The molecule has 194 valence electrons. The van der Waals surface area contributed by atoms with Gasteiger partial charge in [0.25, 0.3) is 5.91 Å². The van der Waals surface area contributed by atoms with E-state index in [-0.39, 0.29) is 5.91 Å². The Kier molecular flexibility index (Phi) is 8.39. The van der Waals surface area contributed by atoms with Crippen molar-refractivity contribution >= 4 is 23.6 Å². The first-order valence-corrected chi connectivity index (χ1v) is 12.5. The lowest BCUT2D eigenvalue weighted by atomic mass is 9.89. The molecule has 0 aliphatic carbocycles. The summed E-state index contributed by atoms with van der Waals surface area (Å²) in [5.41, 5.74) is 4.17. The molecule has 0 unspecified atom stereocenters. The van der Waals surface area contributed by atoms with E-state index in [0.29, 0.717) is 41.4 Å². The normalized spacial score (nSPS) is 14.2. The predicted octanol–water partition coefficient (Wildman–Crippen LogP) is 4.92. The van der Waals surface area contributed by atoms with Gasteiger partial charge in [-0.3, -0.25) is 4.79 Å². The number of ether oxygens (including phenoxy) is 1. The Morgan fingerprint density at radius 2 is 1.68 bits per heavy atom. The van der Waals surface area contributed by atoms with Gasteiger partial charge in [-0.1, -0.05) is 48.5 Å². The van der Waals surface area contributed by atoms with Gasteiger partial charge in [-0.15, -0.1) is 0 Å². The number of carbonyl (C=O) groups is 3. The van der Waals surface area contributed by atoms with Gasteiger partial charge in [-0.2, -0.15) is 5.26 Å². The van der Waals surface area contributed by atoms with Crippen LogP contribution in [0.5, 0.6) is 0 Å². The monoisotopic (exact) mass is 510 g/mol. The summed E-state index contributed by atoms with van der Waals surface area (Å²) in [5.74, 6) is -0.335. The van der Waals surface area contributed by atoms with Crippen LogP contribution in [0, 0.1) is 18.3 Å². The van der Waals surface area contributed by atoms with Crippen LogP contribution in [-0.2, 0) is 9.53 Å². The third-order valence-electron chi connectivity index (χ3n) is 6.87. The van der Waals surface area contributed by atoms with Gasteiger partial charge in [0.1, 0.15) is 0 Å². The number of anilines is 1. The first-order valence-electron chi connectivity index (χ1n) is 12.5. The van der Waals surface area contributed by atoms with Crippen LogP contribution in [0.4, 0.5) is 10.5 Å². The highest BCUT2D eigenvalue weighted by molar-refractivity contribution is 5.98. The minimum absolute atomic E-state index is 0.0940. The molecule has 1 heterocycles. The van der Waals surface area contributed by atoms with Gasteiger partial charge < -0.3 is 20.3 Å². The number of rotatable bonds is 6. The number of benzene rings is 3. The van der Waals surface area contributed by atoms with Crippen LogP contribution in [0.3, 0.4) is 0 Å². The Morgan fingerprint density at radius 1 is 1.00 bits per heavy atom. The van der Waals surface area contributed by atoms with Crippen molar-refractivity contribution in [3.05, 3.63) is 101 Å². The third-order valence-corrected chi connectivity index (χ3v) is 6.87. The van der Waals surface area contributed by atoms with Crippen molar-refractivity contribution in [2.75, 3.05) is 25.5 Å². The number of urea groups is 1. The maximum atomic E-state index is 13.3. The number of piperidine rings is 1. The first kappa shape index (κ1) is 26.4. The van der Waals surface area contributed by atoms with Crippen LogP contribution < -0.4 is 10.6 Å². The zero-order chi connectivity index (χ0) is 27.1. The molecule has 1 fully saturated rings. The summed E-state index contributed by atoms with van der Waals surface area (Å²) in [5, 5.41) is 14.4. The Hall–Kier alpha value is -4.64. The molecule has 0 radical (unpaired) electrons. The quantitative estimate of drug-likeness (QED) is 0.457. The fourth-order valence-electron chi connectivity index (χ4n) is 4.65. The van der Waals surface area contributed by atoms with E-state index < -0.39 is 18.0 Å². The fourth-order valence-corrected chi connectivity index (χ4v) is 4.65. The highest BCUT2D eigenvalue weighted by Crippen LogP contribution is 2.29. The molecule has 3 aromatic rings. The minimum atomic E-state index is -0.969. The molecule has 2 N–H and O–H groups in total. The van der Waals surface area contributed by atoms with E-state index >= 15 is 0 Å². The predicted molar refractivity (Wildman–Crippen MR) is 144 cm³/mol. The summed E-state index contributed by atoms with van der Waals surface area (Å²) in [6.45, 7) is 3.08. The van der Waals surface area contributed by atoms with E-state index in [2.05, 4.69) is 16.7 Å². The maximum Gasteiger partial charge on any atom is 0.333 e. The molecule has 8 nitrogen and oxygen atoms in total. The largest absolute Gasteiger partial charge is 0.467 e. The summed E-state index contributed by atoms with van der Waals surface area (Å²) in [4.78, 5) is 40.2. The van der Waals surface area contributed by atoms with Gasteiger partial charge in [-0.05, 0) is 66.6 Å². The van der Waals surface area contributed by atoms with E-state index in [1.54, 1.807) is 42.5 Å². The molecule has 3 amide bonds. The topological polar surface area (TPSA) is 112 Å². The average molecular weight is 511 g/mol. The third kappa shape index (κ3) is 6.19. The van der Waals surface area contributed by atoms with Crippen molar-refractivity contribution < 1.29 is 19.1 Å². The summed E-state index contributed by atoms with van der Waals surface area (Å²) >= 11 is 0. The molecule has 8 heteroatoms. The van der Waals surface area contributed by atoms with Crippen molar-refractivity contribution in [2.24, 2.45) is 0 Å². The Morgan fingerprint density at radius 3 is 2.32 bits per heavy atom. The standard InChI is InChI=1S/C30H30N4O4/c1-20-8-11-25(28(35)34-16-14-23(15-17-34)22-12-9-21(19-31)10-13-22)18-26(20)32-30(37)33-27(29(36)38-2)24-6-4-3-5-7-24/h3-13,18,23,27H,14-17H2,1-2H3,(H2,32,33,37)/t27-/m0/s1. The minimum Gasteiger partial charge on any atom is -0.467 e. The zero-order valence-corrected chi connectivity index (χ0v) is 21.4. The van der Waals surface area contributed by atoms with Crippen molar-refractivity contribution in [1.29, 1.82) is 5.26 Å². The summed E-state index contributed by atoms with van der Waals surface area (Å²) in [6, 6.07) is 22.3. The first-order chi connectivity index (χ1) is 18.4. The van der Waals surface area contributed by atoms with Crippen LogP contribution in [0.2, 0.25) is 0 Å². The number of aryl methyl sites for hydroxylation is 1. The van der Waals surface area contributed by atoms with Crippen LogP contribution in [0.1, 0.15) is 57.4 Å². The van der Waals surface area contributed by atoms with Crippen LogP contribution in [0.15, 0.2) is 72.8 Å². The van der Waals surface area contributed by atoms with Crippen molar-refractivity contribution in [1.82, 2.24) is 10.2 Å². The fraction of sp³-hybridized carbons (Fsp3) is 0.267. The van der Waals surface area contributed by atoms with Crippen LogP contribution in [0.25, 0.3) is 0 Å². The molecule has 1 aliphatic rings. The molecule has 38 heavy (non-hydrogen) atoms. The van der Waals surface area contributed by atoms with Gasteiger partial charge in [0, 0.05) is 24.3 Å². The molecule has 1 atom stereocenters. The molecule has 4 rings (SSSR count). The number of nitrogens with zero attached hydrogens (tertiary/aromatic N) is 2. The molecule has 0 aromatic heterocycles. The van der Waals surface area contributed by atoms with Gasteiger partial charge in [0.15, 0.2) is 6.04 Å². The van der Waals surface area contributed by atoms with E-state index in [1.807, 2.05) is 42.2 Å². The second kappa shape index (κ2) is 12.1. The van der Waals surface area contributed by atoms with Gasteiger partial charge >= 0.3 is 12.0 Å². The molecular formula is C30H30N4O4. The number of hydrogen-bond donors (Lipinski definition) is 2. The van der Waals surface area contributed by atoms with E-state index in [9.17, 15) is 14.4 Å². The molecule has 3 aromatic carbocycles. The Balaban J connectivity index is 1.40. The molecule has 1 aliphatic heterocycles. The number of hydrogen-bond acceptors (Lipinski definition) is 5. The second-order valence-electron chi connectivity index (χ2n) is 9.30. The lowest BCUT2D eigenvalue weighted by molar-refractivity contribution is -0.143. The molecule has 0 bridgehead atoms. The van der Waals surface area contributed by atoms with Crippen molar-refractivity contribution in [3.8, 4) is 6.07 Å². The highest BCUT2D eigenvalue weighted by atomic mass is 16.5. The van der Waals surface area contributed by atoms with Gasteiger partial charge in [0.05, 0.1) is 18.7 Å². The number of esters is 1. The highest BCUT2D eigenvalue weighted by Gasteiger charge is 2.26. The SMILES string of the molecule is COC(=O)[C@@H](NC(=O)Nc1cc(C(=O)N2CCC(c3ccc(C#N)cc3)CC2)ccc1C)c1ccccc1. The molecule has 0 spiro atoms. The summed E-state index contributed by atoms with van der Waals surface area (Å²) in [7, 11) is 1.27. The summed E-state index contributed by atoms with van der Waals surface area (Å²) < 4.78 is 4.86. The lowest BCUT2D eigenvalue weighted by Crippen LogP contribution is -2.38. The number of methoxy groups -OCH3 is 1. The Labute approximate surface area is 222 Å². The summed E-state index contributed by atoms with van der Waals surface area (Å²) in [6.07, 6.45) is 1.68. The molecule has 1 saturated heterocycles. The zero-order valence-electron chi connectivity index (χ0n) is 21.4. The van der Waals surface area contributed by atoms with Gasteiger partial charge in [0.2, 0.25) is 0 Å². The van der Waals surface area contributed by atoms with E-state index in [4.69, 9.17) is 10.00 Å². The number of nitriles is 1. The second-order valence-corrected chi connectivity index (χ2v) is 9.30. The van der Waals surface area contributed by atoms with Gasteiger partial charge in [-0.25, -0.2) is 9.59 Å².